The second-order valence-corrected chi connectivity index (χ2v) is 2.39. The average Bonchev–Trinajstić information content (AvgIpc) is 2.34. The molecule has 0 unspecified atom stereocenters. The first-order valence-electron chi connectivity index (χ1n) is 2.95. The molecule has 2 heterocycles. The minimum absolute atomic E-state index is 0.165. The third-order valence-corrected chi connectivity index (χ3v) is 1.58. The van der Waals surface area contributed by atoms with Crippen molar-refractivity contribution >= 4 is 28.7 Å². The Balaban J connectivity index is 2.91. The molecule has 0 aliphatic carbocycles. The molecular weight excluding hydrogens is 166 g/mol. The van der Waals surface area contributed by atoms with Crippen LogP contribution in [0.3, 0.4) is 0 Å². The number of nitrogens with zero attached hydrogens (tertiary/aromatic N) is 2. The van der Waals surface area contributed by atoms with Gasteiger partial charge in [-0.1, -0.05) is 16.6 Å². The van der Waals surface area contributed by atoms with Gasteiger partial charge < -0.3 is 5.73 Å². The number of aromatic nitrogens is 4. The highest BCUT2D eigenvalue weighted by Crippen LogP contribution is 2.14. The summed E-state index contributed by atoms with van der Waals surface area (Å²) < 4.78 is 0. The van der Waals surface area contributed by atoms with Crippen molar-refractivity contribution in [1.29, 1.82) is 0 Å². The Morgan fingerprint density at radius 2 is 2.36 bits per heavy atom. The summed E-state index contributed by atoms with van der Waals surface area (Å²) in [6.45, 7) is 0. The number of imidazole rings is 1. The molecule has 56 valence electrons. The molecule has 2 aromatic heterocycles. The number of H-pyrrole nitrogens is 2. The number of rotatable bonds is 0. The Kier molecular flexibility index (Phi) is 1.19. The van der Waals surface area contributed by atoms with E-state index in [0.29, 0.717) is 16.3 Å². The molecule has 2 aromatic rings. The van der Waals surface area contributed by atoms with Crippen molar-refractivity contribution in [2.75, 3.05) is 5.73 Å². The zero-order valence-corrected chi connectivity index (χ0v) is 6.18. The van der Waals surface area contributed by atoms with Gasteiger partial charge in [0.05, 0.1) is 0 Å². The fourth-order valence-electron chi connectivity index (χ4n) is 0.859. The molecule has 4 N–H and O–H groups in total. The number of aromatic amines is 2. The van der Waals surface area contributed by atoms with Crippen molar-refractivity contribution in [1.82, 2.24) is 15.0 Å². The summed E-state index contributed by atoms with van der Waals surface area (Å²) in [4.78, 5) is 13.3. The van der Waals surface area contributed by atoms with E-state index in [-0.39, 0.29) is 5.95 Å². The molecule has 0 aliphatic heterocycles. The number of halogens is 1. The topological polar surface area (TPSA) is 81.7 Å². The second kappa shape index (κ2) is 2.06. The van der Waals surface area contributed by atoms with E-state index in [1.54, 1.807) is 6.33 Å². The van der Waals surface area contributed by atoms with Gasteiger partial charge in [0.15, 0.2) is 11.5 Å². The van der Waals surface area contributed by atoms with Gasteiger partial charge in [-0.2, -0.15) is 4.98 Å². The van der Waals surface area contributed by atoms with Gasteiger partial charge in [-0.3, -0.25) is 4.98 Å². The molecule has 0 bridgehead atoms. The number of hydrogen-bond acceptors (Lipinski definition) is 3. The maximum Gasteiger partial charge on any atom is 0.306 e. The van der Waals surface area contributed by atoms with Crippen LogP contribution in [-0.4, -0.2) is 15.0 Å². The van der Waals surface area contributed by atoms with Gasteiger partial charge in [0.2, 0.25) is 5.52 Å². The van der Waals surface area contributed by atoms with Crippen LogP contribution in [0.25, 0.3) is 11.2 Å². The Labute approximate surface area is 66.6 Å². The van der Waals surface area contributed by atoms with E-state index in [1.165, 1.54) is 0 Å². The first-order chi connectivity index (χ1) is 5.27. The molecule has 0 aromatic carbocycles. The molecule has 0 atom stereocenters. The molecule has 0 saturated carbocycles. The standard InChI is InChI=1S/C5H4ClN5/c6-3-2-4(9-1-8-2)11-5(7)10-3/h1H,(H3,7,8,9,10,11)/p+1. The number of hydrogen-bond donors (Lipinski definition) is 2. The highest BCUT2D eigenvalue weighted by molar-refractivity contribution is 6.33. The van der Waals surface area contributed by atoms with Crippen LogP contribution in [-0.2, 0) is 0 Å². The van der Waals surface area contributed by atoms with Crippen molar-refractivity contribution in [3.05, 3.63) is 11.5 Å². The summed E-state index contributed by atoms with van der Waals surface area (Å²) in [5, 5.41) is 0.328. The zero-order valence-electron chi connectivity index (χ0n) is 5.43. The molecule has 5 nitrogen and oxygen atoms in total. The van der Waals surface area contributed by atoms with E-state index in [1.807, 2.05) is 0 Å². The molecular formula is C5H5ClN5+. The van der Waals surface area contributed by atoms with Crippen LogP contribution in [0, 0.1) is 0 Å². The third-order valence-electron chi connectivity index (χ3n) is 1.31. The number of nitrogens with one attached hydrogen (secondary N) is 2. The highest BCUT2D eigenvalue weighted by Gasteiger charge is 2.11. The van der Waals surface area contributed by atoms with Crippen LogP contribution in [0.15, 0.2) is 6.33 Å². The average molecular weight is 171 g/mol. The van der Waals surface area contributed by atoms with E-state index in [9.17, 15) is 0 Å². The van der Waals surface area contributed by atoms with Gasteiger partial charge in [0, 0.05) is 0 Å². The lowest BCUT2D eigenvalue weighted by Gasteiger charge is -1.86. The third kappa shape index (κ3) is 0.894. The summed E-state index contributed by atoms with van der Waals surface area (Å²) in [6.07, 6.45) is 1.62. The number of nitrogen functional groups attached to an aromatic ring is 1. The molecule has 2 rings (SSSR count). The Morgan fingerprint density at radius 1 is 1.55 bits per heavy atom. The van der Waals surface area contributed by atoms with Gasteiger partial charge in [-0.05, 0) is 0 Å². The first kappa shape index (κ1) is 6.36. The Hall–Kier alpha value is -1.36. The van der Waals surface area contributed by atoms with Crippen LogP contribution in [0.4, 0.5) is 5.95 Å². The van der Waals surface area contributed by atoms with Gasteiger partial charge in [0.1, 0.15) is 0 Å². The summed E-state index contributed by atoms with van der Waals surface area (Å²) in [7, 11) is 0. The van der Waals surface area contributed by atoms with Crippen LogP contribution in [0.2, 0.25) is 5.15 Å². The quantitative estimate of drug-likeness (QED) is 0.547. The molecule has 0 fully saturated rings. The van der Waals surface area contributed by atoms with Crippen molar-refractivity contribution in [3.63, 3.8) is 0 Å². The molecule has 11 heavy (non-hydrogen) atoms. The van der Waals surface area contributed by atoms with Crippen molar-refractivity contribution in [3.8, 4) is 0 Å². The normalized spacial score (nSPS) is 10.6. The van der Waals surface area contributed by atoms with Gasteiger partial charge in [-0.25, -0.2) is 4.98 Å². The lowest BCUT2D eigenvalue weighted by Crippen LogP contribution is -2.01. The fourth-order valence-corrected chi connectivity index (χ4v) is 1.09. The van der Waals surface area contributed by atoms with Crippen LogP contribution in [0.5, 0.6) is 0 Å². The van der Waals surface area contributed by atoms with E-state index >= 15 is 0 Å². The number of anilines is 1. The van der Waals surface area contributed by atoms with Gasteiger partial charge in [0.25, 0.3) is 5.95 Å². The summed E-state index contributed by atoms with van der Waals surface area (Å²) in [6, 6.07) is 0. The highest BCUT2D eigenvalue weighted by atomic mass is 35.5. The Morgan fingerprint density at radius 3 is 3.18 bits per heavy atom. The molecule has 6 heteroatoms. The van der Waals surface area contributed by atoms with E-state index in [0.717, 1.165) is 0 Å². The Bertz CT molecular complexity index is 395. The van der Waals surface area contributed by atoms with Crippen LogP contribution in [0.1, 0.15) is 0 Å². The summed E-state index contributed by atoms with van der Waals surface area (Å²) in [5.74, 6) is 0.165. The monoisotopic (exact) mass is 170 g/mol. The predicted molar refractivity (Wildman–Crippen MR) is 39.9 cm³/mol. The number of nitrogens with two attached hydrogens (primary N) is 1. The van der Waals surface area contributed by atoms with Gasteiger partial charge >= 0.3 is 5.65 Å². The minimum Gasteiger partial charge on any atom is -0.354 e. The van der Waals surface area contributed by atoms with Crippen molar-refractivity contribution in [2.24, 2.45) is 0 Å². The smallest absolute Gasteiger partial charge is 0.306 e. The SMILES string of the molecule is Nc1nc(Cl)c2[nH]c[nH+]c2n1. The van der Waals surface area contributed by atoms with Crippen LogP contribution >= 0.6 is 11.6 Å². The van der Waals surface area contributed by atoms with Crippen molar-refractivity contribution < 1.29 is 4.98 Å². The minimum atomic E-state index is 0.165. The predicted octanol–water partition coefficient (Wildman–Crippen LogP) is 0.00760. The van der Waals surface area contributed by atoms with E-state index < -0.39 is 0 Å². The molecule has 0 spiro atoms. The maximum atomic E-state index is 5.72. The van der Waals surface area contributed by atoms with Crippen molar-refractivity contribution in [2.45, 2.75) is 0 Å². The lowest BCUT2D eigenvalue weighted by atomic mass is 10.6. The van der Waals surface area contributed by atoms with Gasteiger partial charge in [-0.15, -0.1) is 0 Å². The van der Waals surface area contributed by atoms with Crippen LogP contribution < -0.4 is 10.7 Å². The molecule has 0 radical (unpaired) electrons. The number of fused-ring (bicyclic) bond motifs is 1. The molecule has 0 saturated heterocycles. The largest absolute Gasteiger partial charge is 0.354 e. The second-order valence-electron chi connectivity index (χ2n) is 2.03. The zero-order chi connectivity index (χ0) is 7.84. The summed E-state index contributed by atoms with van der Waals surface area (Å²) in [5.41, 5.74) is 6.62. The molecule has 0 amide bonds. The first-order valence-corrected chi connectivity index (χ1v) is 3.33. The maximum absolute atomic E-state index is 5.72. The van der Waals surface area contributed by atoms with E-state index in [2.05, 4.69) is 19.9 Å². The lowest BCUT2D eigenvalue weighted by molar-refractivity contribution is -0.347. The molecule has 0 aliphatic rings. The summed E-state index contributed by atoms with van der Waals surface area (Å²) >= 11 is 5.72. The fraction of sp³-hybridized carbons (Fsp3) is 0. The van der Waals surface area contributed by atoms with E-state index in [4.69, 9.17) is 17.3 Å².